The molecule has 2 aromatic rings. The molecule has 0 bridgehead atoms. The first kappa shape index (κ1) is 22.6. The summed E-state index contributed by atoms with van der Waals surface area (Å²) in [6, 6.07) is 10.8. The molecule has 1 N–H and O–H groups in total. The van der Waals surface area contributed by atoms with Gasteiger partial charge in [0.2, 0.25) is 0 Å². The van der Waals surface area contributed by atoms with E-state index in [9.17, 15) is 5.11 Å². The second kappa shape index (κ2) is 8.37. The topological polar surface area (TPSA) is 32.6 Å². The van der Waals surface area contributed by atoms with E-state index < -0.39 is 0 Å². The number of phenols is 1. The second-order valence-corrected chi connectivity index (χ2v) is 10.9. The van der Waals surface area contributed by atoms with Crippen LogP contribution in [0.1, 0.15) is 75.8 Å². The number of benzene rings is 2. The van der Waals surface area contributed by atoms with E-state index in [2.05, 4.69) is 90.7 Å². The molecule has 0 aliphatic rings. The van der Waals surface area contributed by atoms with Gasteiger partial charge in [-0.15, -0.1) is 0 Å². The highest BCUT2D eigenvalue weighted by atomic mass is 31.1. The Bertz CT molecular complexity index is 892. The summed E-state index contributed by atoms with van der Waals surface area (Å²) >= 11 is 0. The molecule has 2 aromatic carbocycles. The molecule has 0 aromatic heterocycles. The minimum atomic E-state index is -0.134. The first-order chi connectivity index (χ1) is 12.9. The SMILES string of the molecule is CCC(C)(Pc1c(C)cccc1/C(C)=N/C)c1cc(C)cc(C(C)(C)C)c1O. The smallest absolute Gasteiger partial charge is 0.123 e. The monoisotopic (exact) mass is 397 g/mol. The molecule has 0 heterocycles. The van der Waals surface area contributed by atoms with Gasteiger partial charge in [-0.05, 0) is 49.0 Å². The van der Waals surface area contributed by atoms with Crippen molar-refractivity contribution < 1.29 is 5.11 Å². The molecule has 0 amide bonds. The number of phenolic OH excluding ortho intramolecular Hbond substituents is 1. The molecule has 3 heteroatoms. The van der Waals surface area contributed by atoms with E-state index in [4.69, 9.17) is 0 Å². The zero-order chi connectivity index (χ0) is 21.3. The molecule has 0 aliphatic heterocycles. The summed E-state index contributed by atoms with van der Waals surface area (Å²) in [5.41, 5.74) is 6.79. The molecule has 2 atom stereocenters. The van der Waals surface area contributed by atoms with Crippen LogP contribution in [0.5, 0.6) is 5.75 Å². The molecule has 2 unspecified atom stereocenters. The van der Waals surface area contributed by atoms with Crippen LogP contribution in [0.15, 0.2) is 35.3 Å². The summed E-state index contributed by atoms with van der Waals surface area (Å²) in [5.74, 6) is 0.464. The lowest BCUT2D eigenvalue weighted by atomic mass is 9.82. The third-order valence-electron chi connectivity index (χ3n) is 5.76. The maximum Gasteiger partial charge on any atom is 0.123 e. The van der Waals surface area contributed by atoms with Gasteiger partial charge in [-0.3, -0.25) is 4.99 Å². The van der Waals surface area contributed by atoms with Gasteiger partial charge in [0.1, 0.15) is 5.75 Å². The fourth-order valence-electron chi connectivity index (χ4n) is 3.65. The highest BCUT2D eigenvalue weighted by molar-refractivity contribution is 7.49. The van der Waals surface area contributed by atoms with Gasteiger partial charge < -0.3 is 5.11 Å². The van der Waals surface area contributed by atoms with E-state index in [-0.39, 0.29) is 10.6 Å². The predicted molar refractivity (Wildman–Crippen MR) is 126 cm³/mol. The molecule has 2 rings (SSSR count). The molecular weight excluding hydrogens is 361 g/mol. The number of rotatable bonds is 5. The zero-order valence-electron chi connectivity index (χ0n) is 19.0. The standard InChI is InChI=1S/C25H36NOP/c1-10-25(8,21-15-16(2)14-20(22(21)27)24(5,6)7)28-23-17(3)12-11-13-19(23)18(4)26-9/h11-15,27-28H,10H2,1-9H3/b26-18+. The second-order valence-electron chi connectivity index (χ2n) is 9.08. The average molecular weight is 398 g/mol. The lowest BCUT2D eigenvalue weighted by Crippen LogP contribution is -2.24. The van der Waals surface area contributed by atoms with E-state index in [0.717, 1.165) is 23.3 Å². The van der Waals surface area contributed by atoms with Gasteiger partial charge in [0.15, 0.2) is 0 Å². The van der Waals surface area contributed by atoms with Crippen LogP contribution in [0.4, 0.5) is 0 Å². The Labute approximate surface area is 173 Å². The van der Waals surface area contributed by atoms with Crippen LogP contribution in [-0.4, -0.2) is 17.9 Å². The molecule has 0 fully saturated rings. The highest BCUT2D eigenvalue weighted by Gasteiger charge is 2.32. The largest absolute Gasteiger partial charge is 0.507 e. The fraction of sp³-hybridized carbons (Fsp3) is 0.480. The quantitative estimate of drug-likeness (QED) is 0.461. The van der Waals surface area contributed by atoms with Crippen molar-refractivity contribution in [1.29, 1.82) is 0 Å². The van der Waals surface area contributed by atoms with Gasteiger partial charge in [0.25, 0.3) is 0 Å². The van der Waals surface area contributed by atoms with E-state index in [1.165, 1.54) is 22.0 Å². The number of aromatic hydroxyl groups is 1. The summed E-state index contributed by atoms with van der Waals surface area (Å²) in [6.07, 6.45) is 0.960. The van der Waals surface area contributed by atoms with Crippen LogP contribution in [0.25, 0.3) is 0 Å². The lowest BCUT2D eigenvalue weighted by Gasteiger charge is -2.34. The van der Waals surface area contributed by atoms with Crippen molar-refractivity contribution in [1.82, 2.24) is 0 Å². The normalized spacial score (nSPS) is 15.2. The molecule has 0 radical (unpaired) electrons. The van der Waals surface area contributed by atoms with Crippen LogP contribution in [0, 0.1) is 13.8 Å². The number of nitrogens with zero attached hydrogens (tertiary/aromatic N) is 1. The van der Waals surface area contributed by atoms with Crippen molar-refractivity contribution in [3.8, 4) is 5.75 Å². The minimum absolute atomic E-state index is 0.0953. The fourth-order valence-corrected chi connectivity index (χ4v) is 5.38. The Kier molecular flexibility index (Phi) is 6.77. The maximum absolute atomic E-state index is 11.3. The first-order valence-corrected chi connectivity index (χ1v) is 11.1. The molecule has 152 valence electrons. The third kappa shape index (κ3) is 4.49. The van der Waals surface area contributed by atoms with Crippen LogP contribution >= 0.6 is 8.58 Å². The number of aliphatic imine (C=N–C) groups is 1. The minimum Gasteiger partial charge on any atom is -0.507 e. The van der Waals surface area contributed by atoms with E-state index in [1.807, 2.05) is 7.05 Å². The Morgan fingerprint density at radius 1 is 1.07 bits per heavy atom. The van der Waals surface area contributed by atoms with Crippen molar-refractivity contribution >= 4 is 19.6 Å². The number of hydrogen-bond donors (Lipinski definition) is 1. The predicted octanol–water partition coefficient (Wildman–Crippen LogP) is 6.37. The number of hydrogen-bond acceptors (Lipinski definition) is 2. The van der Waals surface area contributed by atoms with Crippen LogP contribution in [0.3, 0.4) is 0 Å². The third-order valence-corrected chi connectivity index (χ3v) is 7.85. The molecule has 0 aliphatic carbocycles. The Morgan fingerprint density at radius 2 is 1.68 bits per heavy atom. The van der Waals surface area contributed by atoms with Crippen molar-refractivity contribution in [3.05, 3.63) is 58.1 Å². The molecule has 2 nitrogen and oxygen atoms in total. The van der Waals surface area contributed by atoms with Gasteiger partial charge in [-0.1, -0.05) is 79.1 Å². The summed E-state index contributed by atoms with van der Waals surface area (Å²) in [7, 11) is 2.40. The maximum atomic E-state index is 11.3. The van der Waals surface area contributed by atoms with Crippen LogP contribution < -0.4 is 5.30 Å². The summed E-state index contributed by atoms with van der Waals surface area (Å²) in [4.78, 5) is 4.44. The number of aryl methyl sites for hydroxylation is 2. The molecular formula is C25H36NOP. The Balaban J connectivity index is 2.68. The van der Waals surface area contributed by atoms with E-state index in [0.29, 0.717) is 14.3 Å². The molecule has 0 saturated carbocycles. The van der Waals surface area contributed by atoms with E-state index >= 15 is 0 Å². The Hall–Kier alpha value is -1.66. The van der Waals surface area contributed by atoms with Crippen molar-refractivity contribution in [2.75, 3.05) is 7.05 Å². The lowest BCUT2D eigenvalue weighted by molar-refractivity contribution is 0.430. The van der Waals surface area contributed by atoms with Gasteiger partial charge >= 0.3 is 0 Å². The van der Waals surface area contributed by atoms with Gasteiger partial charge in [0, 0.05) is 29.0 Å². The van der Waals surface area contributed by atoms with Crippen molar-refractivity contribution in [2.24, 2.45) is 4.99 Å². The highest BCUT2D eigenvalue weighted by Crippen LogP contribution is 2.50. The van der Waals surface area contributed by atoms with Crippen molar-refractivity contribution in [2.45, 2.75) is 72.4 Å². The van der Waals surface area contributed by atoms with Gasteiger partial charge in [0.05, 0.1) is 0 Å². The molecule has 0 spiro atoms. The van der Waals surface area contributed by atoms with Gasteiger partial charge in [-0.2, -0.15) is 0 Å². The summed E-state index contributed by atoms with van der Waals surface area (Å²) in [5, 5.41) is 12.5. The average Bonchev–Trinajstić information content (AvgIpc) is 2.63. The summed E-state index contributed by atoms with van der Waals surface area (Å²) < 4.78 is 0. The Morgan fingerprint density at radius 3 is 2.21 bits per heavy atom. The van der Waals surface area contributed by atoms with E-state index in [1.54, 1.807) is 0 Å². The zero-order valence-corrected chi connectivity index (χ0v) is 20.0. The first-order valence-electron chi connectivity index (χ1n) is 10.1. The van der Waals surface area contributed by atoms with Crippen LogP contribution in [0.2, 0.25) is 0 Å². The molecule has 0 saturated heterocycles. The molecule has 28 heavy (non-hydrogen) atoms. The summed E-state index contributed by atoms with van der Waals surface area (Å²) in [6.45, 7) is 17.4. The van der Waals surface area contributed by atoms with Gasteiger partial charge in [-0.25, -0.2) is 0 Å². The van der Waals surface area contributed by atoms with Crippen molar-refractivity contribution in [3.63, 3.8) is 0 Å². The van der Waals surface area contributed by atoms with Crippen LogP contribution in [-0.2, 0) is 10.6 Å².